The number of esters is 2. The van der Waals surface area contributed by atoms with Crippen molar-refractivity contribution >= 4 is 28.9 Å². The van der Waals surface area contributed by atoms with Crippen LogP contribution in [0.4, 0.5) is 4.79 Å². The predicted molar refractivity (Wildman–Crippen MR) is 83.1 cm³/mol. The lowest BCUT2D eigenvalue weighted by Gasteiger charge is -2.23. The van der Waals surface area contributed by atoms with Gasteiger partial charge in [0.15, 0.2) is 0 Å². The summed E-state index contributed by atoms with van der Waals surface area (Å²) in [4.78, 5) is 37.1. The molecule has 0 radical (unpaired) electrons. The van der Waals surface area contributed by atoms with E-state index >= 15 is 0 Å². The summed E-state index contributed by atoms with van der Waals surface area (Å²) in [6, 6.07) is -0.605. The largest absolute Gasteiger partial charge is 0.427 e. The smallest absolute Gasteiger partial charge is 0.331 e. The van der Waals surface area contributed by atoms with Gasteiger partial charge in [0.25, 0.3) is 5.24 Å². The minimum Gasteiger partial charge on any atom is -0.427 e. The number of nitrogens with zero attached hydrogens (tertiary/aromatic N) is 1. The van der Waals surface area contributed by atoms with Gasteiger partial charge < -0.3 is 20.1 Å². The molecule has 0 aliphatic carbocycles. The van der Waals surface area contributed by atoms with E-state index in [9.17, 15) is 14.4 Å². The summed E-state index contributed by atoms with van der Waals surface area (Å²) in [7, 11) is 0. The lowest BCUT2D eigenvalue weighted by atomic mass is 9.98. The van der Waals surface area contributed by atoms with Crippen molar-refractivity contribution in [3.05, 3.63) is 0 Å². The van der Waals surface area contributed by atoms with Gasteiger partial charge in [-0.15, -0.1) is 0 Å². The standard InChI is InChI=1S/C14H24N2O5S/c1-14(2,3)12(18)21-9-20-11(17)10-5-4-7-16(10)13(19)22-8-6-15/h10H,4-9,15H2,1-3H3/t10-/m0/s1. The average molecular weight is 332 g/mol. The van der Waals surface area contributed by atoms with Gasteiger partial charge in [0.1, 0.15) is 6.04 Å². The summed E-state index contributed by atoms with van der Waals surface area (Å²) in [6.45, 7) is 5.64. The van der Waals surface area contributed by atoms with Crippen LogP contribution in [-0.4, -0.2) is 53.8 Å². The minimum absolute atomic E-state index is 0.170. The third-order valence-electron chi connectivity index (χ3n) is 3.11. The van der Waals surface area contributed by atoms with Crippen molar-refractivity contribution in [1.29, 1.82) is 0 Å². The van der Waals surface area contributed by atoms with Gasteiger partial charge in [-0.05, 0) is 33.6 Å². The molecule has 1 aliphatic rings. The number of hydrogen-bond acceptors (Lipinski definition) is 7. The highest BCUT2D eigenvalue weighted by Gasteiger charge is 2.35. The molecule has 0 bridgehead atoms. The normalized spacial score (nSPS) is 18.2. The second-order valence-electron chi connectivity index (χ2n) is 6.02. The molecule has 0 saturated carbocycles. The Balaban J connectivity index is 2.44. The van der Waals surface area contributed by atoms with E-state index in [1.807, 2.05) is 0 Å². The lowest BCUT2D eigenvalue weighted by Crippen LogP contribution is -2.40. The van der Waals surface area contributed by atoms with Gasteiger partial charge in [-0.25, -0.2) is 4.79 Å². The van der Waals surface area contributed by atoms with Gasteiger partial charge in [-0.1, -0.05) is 11.8 Å². The maximum absolute atomic E-state index is 12.0. The topological polar surface area (TPSA) is 98.9 Å². The first-order valence-corrected chi connectivity index (χ1v) is 8.23. The zero-order valence-electron chi connectivity index (χ0n) is 13.3. The molecule has 2 N–H and O–H groups in total. The highest BCUT2D eigenvalue weighted by molar-refractivity contribution is 8.13. The summed E-state index contributed by atoms with van der Waals surface area (Å²) in [5.74, 6) is -0.473. The van der Waals surface area contributed by atoms with E-state index < -0.39 is 30.2 Å². The molecule has 22 heavy (non-hydrogen) atoms. The number of hydrogen-bond donors (Lipinski definition) is 1. The minimum atomic E-state index is -0.652. The summed E-state index contributed by atoms with van der Waals surface area (Å²) < 4.78 is 9.86. The van der Waals surface area contributed by atoms with Gasteiger partial charge in [-0.2, -0.15) is 0 Å². The van der Waals surface area contributed by atoms with E-state index in [0.717, 1.165) is 18.2 Å². The van der Waals surface area contributed by atoms with Gasteiger partial charge in [-0.3, -0.25) is 9.59 Å². The first-order chi connectivity index (χ1) is 10.3. The first kappa shape index (κ1) is 18.8. The van der Waals surface area contributed by atoms with Crippen LogP contribution in [0.2, 0.25) is 0 Å². The van der Waals surface area contributed by atoms with E-state index in [0.29, 0.717) is 25.3 Å². The molecule has 1 saturated heterocycles. The monoisotopic (exact) mass is 332 g/mol. The molecule has 1 aliphatic heterocycles. The molecule has 8 heteroatoms. The Morgan fingerprint density at radius 2 is 1.95 bits per heavy atom. The van der Waals surface area contributed by atoms with Crippen molar-refractivity contribution in [3.8, 4) is 0 Å². The van der Waals surface area contributed by atoms with Crippen LogP contribution in [0.3, 0.4) is 0 Å². The van der Waals surface area contributed by atoms with Crippen LogP contribution in [-0.2, 0) is 19.1 Å². The summed E-state index contributed by atoms with van der Waals surface area (Å²) in [5, 5.41) is -0.170. The van der Waals surface area contributed by atoms with Gasteiger partial charge in [0.2, 0.25) is 6.79 Å². The molecule has 126 valence electrons. The zero-order valence-corrected chi connectivity index (χ0v) is 14.1. The zero-order chi connectivity index (χ0) is 16.8. The molecule has 0 aromatic heterocycles. The lowest BCUT2D eigenvalue weighted by molar-refractivity contribution is -0.175. The fourth-order valence-corrected chi connectivity index (χ4v) is 2.59. The molecule has 7 nitrogen and oxygen atoms in total. The molecule has 1 amide bonds. The summed E-state index contributed by atoms with van der Waals surface area (Å²) >= 11 is 1.10. The van der Waals surface area contributed by atoms with Gasteiger partial charge >= 0.3 is 11.9 Å². The van der Waals surface area contributed by atoms with Crippen LogP contribution in [0.5, 0.6) is 0 Å². The average Bonchev–Trinajstić information content (AvgIpc) is 2.92. The third-order valence-corrected chi connectivity index (χ3v) is 4.03. The maximum Gasteiger partial charge on any atom is 0.331 e. The molecular formula is C14H24N2O5S. The van der Waals surface area contributed by atoms with Crippen molar-refractivity contribution in [3.63, 3.8) is 0 Å². The molecule has 1 atom stereocenters. The number of likely N-dealkylation sites (tertiary alicyclic amines) is 1. The maximum atomic E-state index is 12.0. The fraction of sp³-hybridized carbons (Fsp3) is 0.786. The molecular weight excluding hydrogens is 308 g/mol. The third kappa shape index (κ3) is 5.49. The highest BCUT2D eigenvalue weighted by Crippen LogP contribution is 2.23. The van der Waals surface area contributed by atoms with Crippen LogP contribution in [0.1, 0.15) is 33.6 Å². The number of amides is 1. The van der Waals surface area contributed by atoms with E-state index in [2.05, 4.69) is 0 Å². The number of carbonyl (C=O) groups is 3. The molecule has 0 aromatic carbocycles. The SMILES string of the molecule is CC(C)(C)C(=O)OCOC(=O)[C@@H]1CCCN1C(=O)SCCN. The van der Waals surface area contributed by atoms with E-state index in [1.54, 1.807) is 20.8 Å². The Bertz CT molecular complexity index is 422. The van der Waals surface area contributed by atoms with Crippen molar-refractivity contribution in [2.75, 3.05) is 25.6 Å². The van der Waals surface area contributed by atoms with E-state index in [4.69, 9.17) is 15.2 Å². The molecule has 0 unspecified atom stereocenters. The second kappa shape index (κ2) is 8.38. The Labute approximate surface area is 134 Å². The highest BCUT2D eigenvalue weighted by atomic mass is 32.2. The van der Waals surface area contributed by atoms with Crippen LogP contribution in [0.25, 0.3) is 0 Å². The van der Waals surface area contributed by atoms with E-state index in [-0.39, 0.29) is 5.24 Å². The first-order valence-electron chi connectivity index (χ1n) is 7.24. The number of thioether (sulfide) groups is 1. The van der Waals surface area contributed by atoms with Crippen molar-refractivity contribution < 1.29 is 23.9 Å². The Morgan fingerprint density at radius 3 is 2.55 bits per heavy atom. The van der Waals surface area contributed by atoms with Crippen molar-refractivity contribution in [2.24, 2.45) is 11.1 Å². The van der Waals surface area contributed by atoms with Gasteiger partial charge in [0, 0.05) is 18.8 Å². The quantitative estimate of drug-likeness (QED) is 0.599. The Morgan fingerprint density at radius 1 is 1.27 bits per heavy atom. The predicted octanol–water partition coefficient (Wildman–Crippen LogP) is 1.35. The molecule has 0 aromatic rings. The van der Waals surface area contributed by atoms with E-state index in [1.165, 1.54) is 4.90 Å². The Kier molecular flexibility index (Phi) is 7.15. The molecule has 1 rings (SSSR count). The number of ether oxygens (including phenoxy) is 2. The number of nitrogens with two attached hydrogens (primary N) is 1. The molecule has 1 fully saturated rings. The fourth-order valence-electron chi connectivity index (χ4n) is 1.91. The van der Waals surface area contributed by atoms with Crippen LogP contribution in [0.15, 0.2) is 0 Å². The van der Waals surface area contributed by atoms with Crippen molar-refractivity contribution in [1.82, 2.24) is 4.90 Å². The van der Waals surface area contributed by atoms with Crippen molar-refractivity contribution in [2.45, 2.75) is 39.7 Å². The van der Waals surface area contributed by atoms with Gasteiger partial charge in [0.05, 0.1) is 5.41 Å². The summed E-state index contributed by atoms with van der Waals surface area (Å²) in [6.07, 6.45) is 1.30. The molecule has 1 heterocycles. The second-order valence-corrected chi connectivity index (χ2v) is 7.06. The van der Waals surface area contributed by atoms with Crippen LogP contribution < -0.4 is 5.73 Å². The number of carbonyl (C=O) groups excluding carboxylic acids is 3. The summed E-state index contributed by atoms with van der Waals surface area (Å²) in [5.41, 5.74) is 4.72. The van der Waals surface area contributed by atoms with Crippen LogP contribution in [0, 0.1) is 5.41 Å². The van der Waals surface area contributed by atoms with Crippen LogP contribution >= 0.6 is 11.8 Å². The Hall–Kier alpha value is -1.28. The molecule has 0 spiro atoms. The number of rotatable bonds is 5.